The van der Waals surface area contributed by atoms with Crippen LogP contribution in [0.2, 0.25) is 0 Å². The maximum Gasteiger partial charge on any atom is 0.219 e. The minimum Gasteiger partial charge on any atom is -0.439 e. The third-order valence-electron chi connectivity index (χ3n) is 2.26. The standard InChI is InChI=1S/C13H12N2O2/c1-10-11(9-14-16)7-8-13(15-10)17-12-5-3-2-4-6-12/h2-9,16H,1H3. The average molecular weight is 228 g/mol. The van der Waals surface area contributed by atoms with E-state index >= 15 is 0 Å². The summed E-state index contributed by atoms with van der Waals surface area (Å²) < 4.78 is 5.57. The molecule has 0 saturated heterocycles. The summed E-state index contributed by atoms with van der Waals surface area (Å²) in [5.74, 6) is 1.26. The van der Waals surface area contributed by atoms with Crippen molar-refractivity contribution in [3.63, 3.8) is 0 Å². The van der Waals surface area contributed by atoms with Gasteiger partial charge in [-0.3, -0.25) is 0 Å². The molecule has 1 aromatic carbocycles. The molecular weight excluding hydrogens is 216 g/mol. The molecule has 1 N–H and O–H groups in total. The third-order valence-corrected chi connectivity index (χ3v) is 2.26. The van der Waals surface area contributed by atoms with Gasteiger partial charge < -0.3 is 9.94 Å². The number of hydrogen-bond acceptors (Lipinski definition) is 4. The van der Waals surface area contributed by atoms with Gasteiger partial charge in [-0.1, -0.05) is 23.4 Å². The van der Waals surface area contributed by atoms with Crippen LogP contribution in [0.15, 0.2) is 47.6 Å². The van der Waals surface area contributed by atoms with Crippen molar-refractivity contribution in [3.8, 4) is 11.6 Å². The Labute approximate surface area is 99.2 Å². The number of benzene rings is 1. The lowest BCUT2D eigenvalue weighted by molar-refractivity contribution is 0.322. The summed E-state index contributed by atoms with van der Waals surface area (Å²) >= 11 is 0. The van der Waals surface area contributed by atoms with Crippen molar-refractivity contribution < 1.29 is 9.94 Å². The number of nitrogens with zero attached hydrogens (tertiary/aromatic N) is 2. The van der Waals surface area contributed by atoms with Gasteiger partial charge in [0.05, 0.1) is 11.9 Å². The molecule has 0 aliphatic heterocycles. The molecule has 0 unspecified atom stereocenters. The van der Waals surface area contributed by atoms with E-state index in [0.717, 1.165) is 17.0 Å². The van der Waals surface area contributed by atoms with Gasteiger partial charge in [0.2, 0.25) is 5.88 Å². The van der Waals surface area contributed by atoms with Crippen LogP contribution in [-0.4, -0.2) is 16.4 Å². The maximum atomic E-state index is 8.46. The van der Waals surface area contributed by atoms with Crippen LogP contribution < -0.4 is 4.74 Å². The first kappa shape index (κ1) is 11.1. The van der Waals surface area contributed by atoms with Crippen molar-refractivity contribution in [2.24, 2.45) is 5.16 Å². The molecule has 0 saturated carbocycles. The molecular formula is C13H12N2O2. The molecule has 0 spiro atoms. The van der Waals surface area contributed by atoms with E-state index in [9.17, 15) is 0 Å². The van der Waals surface area contributed by atoms with Gasteiger partial charge in [-0.15, -0.1) is 0 Å². The van der Waals surface area contributed by atoms with E-state index in [-0.39, 0.29) is 0 Å². The average Bonchev–Trinajstić information content (AvgIpc) is 2.34. The van der Waals surface area contributed by atoms with Crippen molar-refractivity contribution in [2.45, 2.75) is 6.92 Å². The molecule has 86 valence electrons. The topological polar surface area (TPSA) is 54.7 Å². The highest BCUT2D eigenvalue weighted by Crippen LogP contribution is 2.19. The molecule has 0 fully saturated rings. The number of hydrogen-bond donors (Lipinski definition) is 1. The predicted octanol–water partition coefficient (Wildman–Crippen LogP) is 2.99. The summed E-state index contributed by atoms with van der Waals surface area (Å²) in [4.78, 5) is 4.26. The molecule has 4 heteroatoms. The Balaban J connectivity index is 2.21. The molecule has 0 radical (unpaired) electrons. The van der Waals surface area contributed by atoms with Gasteiger partial charge in [0, 0.05) is 11.6 Å². The fraction of sp³-hybridized carbons (Fsp3) is 0.0769. The molecule has 2 rings (SSSR count). The number of rotatable bonds is 3. The van der Waals surface area contributed by atoms with E-state index in [1.165, 1.54) is 6.21 Å². The second-order valence-corrected chi connectivity index (χ2v) is 3.48. The van der Waals surface area contributed by atoms with Crippen LogP contribution in [-0.2, 0) is 0 Å². The third kappa shape index (κ3) is 2.81. The Morgan fingerprint density at radius 1 is 1.18 bits per heavy atom. The predicted molar refractivity (Wildman–Crippen MR) is 64.9 cm³/mol. The SMILES string of the molecule is Cc1nc(Oc2ccccc2)ccc1C=NO. The monoisotopic (exact) mass is 228 g/mol. The molecule has 1 heterocycles. The highest BCUT2D eigenvalue weighted by atomic mass is 16.5. The van der Waals surface area contributed by atoms with E-state index in [2.05, 4.69) is 10.1 Å². The van der Waals surface area contributed by atoms with Crippen LogP contribution >= 0.6 is 0 Å². The molecule has 1 aromatic heterocycles. The van der Waals surface area contributed by atoms with Crippen molar-refractivity contribution in [1.29, 1.82) is 0 Å². The van der Waals surface area contributed by atoms with Crippen molar-refractivity contribution >= 4 is 6.21 Å². The first-order valence-corrected chi connectivity index (χ1v) is 5.17. The van der Waals surface area contributed by atoms with E-state index in [1.54, 1.807) is 12.1 Å². The molecule has 2 aromatic rings. The zero-order chi connectivity index (χ0) is 12.1. The second-order valence-electron chi connectivity index (χ2n) is 3.48. The van der Waals surface area contributed by atoms with Gasteiger partial charge in [0.25, 0.3) is 0 Å². The van der Waals surface area contributed by atoms with Crippen LogP contribution in [0, 0.1) is 6.92 Å². The fourth-order valence-corrected chi connectivity index (χ4v) is 1.41. The fourth-order valence-electron chi connectivity index (χ4n) is 1.41. The smallest absolute Gasteiger partial charge is 0.219 e. The summed E-state index contributed by atoms with van der Waals surface area (Å²) in [5, 5.41) is 11.4. The van der Waals surface area contributed by atoms with Crippen molar-refractivity contribution in [1.82, 2.24) is 4.98 Å². The van der Waals surface area contributed by atoms with Crippen molar-refractivity contribution in [3.05, 3.63) is 53.7 Å². The summed E-state index contributed by atoms with van der Waals surface area (Å²) in [5.41, 5.74) is 1.50. The molecule has 0 aliphatic carbocycles. The Bertz CT molecular complexity index is 524. The molecule has 17 heavy (non-hydrogen) atoms. The van der Waals surface area contributed by atoms with Gasteiger partial charge in [-0.2, -0.15) is 0 Å². The Hall–Kier alpha value is -2.36. The summed E-state index contributed by atoms with van der Waals surface area (Å²) in [6, 6.07) is 13.0. The van der Waals surface area contributed by atoms with Crippen molar-refractivity contribution in [2.75, 3.05) is 0 Å². The number of para-hydroxylation sites is 1. The van der Waals surface area contributed by atoms with E-state index < -0.39 is 0 Å². The number of aromatic nitrogens is 1. The molecule has 0 bridgehead atoms. The number of pyridine rings is 1. The van der Waals surface area contributed by atoms with Crippen LogP contribution in [0.25, 0.3) is 0 Å². The zero-order valence-electron chi connectivity index (χ0n) is 9.37. The number of ether oxygens (including phenoxy) is 1. The zero-order valence-corrected chi connectivity index (χ0v) is 9.37. The largest absolute Gasteiger partial charge is 0.439 e. The van der Waals surface area contributed by atoms with E-state index in [4.69, 9.17) is 9.94 Å². The quantitative estimate of drug-likeness (QED) is 0.499. The lowest BCUT2D eigenvalue weighted by atomic mass is 10.2. The van der Waals surface area contributed by atoms with Gasteiger partial charge in [0.15, 0.2) is 0 Å². The van der Waals surface area contributed by atoms with Crippen LogP contribution in [0.4, 0.5) is 0 Å². The highest BCUT2D eigenvalue weighted by molar-refractivity contribution is 5.80. The first-order chi connectivity index (χ1) is 8.29. The van der Waals surface area contributed by atoms with E-state index in [0.29, 0.717) is 5.88 Å². The summed E-state index contributed by atoms with van der Waals surface area (Å²) in [6.07, 6.45) is 1.34. The second kappa shape index (κ2) is 5.12. The Morgan fingerprint density at radius 2 is 1.94 bits per heavy atom. The number of oxime groups is 1. The van der Waals surface area contributed by atoms with Crippen LogP contribution in [0.1, 0.15) is 11.3 Å². The van der Waals surface area contributed by atoms with E-state index in [1.807, 2.05) is 37.3 Å². The maximum absolute atomic E-state index is 8.46. The summed E-state index contributed by atoms with van der Waals surface area (Å²) in [7, 11) is 0. The minimum atomic E-state index is 0.517. The Kier molecular flexibility index (Phi) is 3.35. The van der Waals surface area contributed by atoms with Crippen LogP contribution in [0.5, 0.6) is 11.6 Å². The van der Waals surface area contributed by atoms with Crippen LogP contribution in [0.3, 0.4) is 0 Å². The van der Waals surface area contributed by atoms with Gasteiger partial charge in [-0.05, 0) is 25.1 Å². The minimum absolute atomic E-state index is 0.517. The Morgan fingerprint density at radius 3 is 2.59 bits per heavy atom. The summed E-state index contributed by atoms with van der Waals surface area (Å²) in [6.45, 7) is 1.83. The first-order valence-electron chi connectivity index (χ1n) is 5.17. The lowest BCUT2D eigenvalue weighted by Gasteiger charge is -2.06. The molecule has 0 amide bonds. The van der Waals surface area contributed by atoms with Gasteiger partial charge in [0.1, 0.15) is 5.75 Å². The van der Waals surface area contributed by atoms with Gasteiger partial charge in [-0.25, -0.2) is 4.98 Å². The lowest BCUT2D eigenvalue weighted by Crippen LogP contribution is -1.94. The molecule has 0 aliphatic rings. The number of aryl methyl sites for hydroxylation is 1. The van der Waals surface area contributed by atoms with Gasteiger partial charge >= 0.3 is 0 Å². The molecule has 4 nitrogen and oxygen atoms in total. The normalized spacial score (nSPS) is 10.6. The molecule has 0 atom stereocenters. The highest BCUT2D eigenvalue weighted by Gasteiger charge is 2.02.